The number of likely N-dealkylation sites (tertiary alicyclic amines) is 1. The molecule has 1 aromatic carbocycles. The van der Waals surface area contributed by atoms with E-state index in [1.807, 2.05) is 23.1 Å². The fourth-order valence-electron chi connectivity index (χ4n) is 3.38. The monoisotopic (exact) mass is 305 g/mol. The topological polar surface area (TPSA) is 40.5 Å². The Hall–Kier alpha value is -1.00. The summed E-state index contributed by atoms with van der Waals surface area (Å²) in [6, 6.07) is 10.3. The molecule has 1 amide bonds. The number of aliphatic hydroxyl groups excluding tert-OH is 1. The summed E-state index contributed by atoms with van der Waals surface area (Å²) in [4.78, 5) is 16.2. The molecule has 114 valence electrons. The Morgan fingerprint density at radius 3 is 2.38 bits per heavy atom. The second kappa shape index (κ2) is 6.41. The summed E-state index contributed by atoms with van der Waals surface area (Å²) in [5.41, 5.74) is 0. The summed E-state index contributed by atoms with van der Waals surface area (Å²) < 4.78 is -0.274. The van der Waals surface area contributed by atoms with Crippen LogP contribution in [0.15, 0.2) is 35.2 Å². The number of amides is 1. The molecule has 1 aliphatic heterocycles. The Balaban J connectivity index is 1.75. The van der Waals surface area contributed by atoms with Crippen molar-refractivity contribution >= 4 is 17.7 Å². The van der Waals surface area contributed by atoms with Crippen LogP contribution in [0.1, 0.15) is 38.5 Å². The quantitative estimate of drug-likeness (QED) is 0.933. The summed E-state index contributed by atoms with van der Waals surface area (Å²) in [5, 5.41) is 9.63. The van der Waals surface area contributed by atoms with Gasteiger partial charge in [-0.25, -0.2) is 0 Å². The number of hydrogen-bond acceptors (Lipinski definition) is 3. The van der Waals surface area contributed by atoms with E-state index in [2.05, 4.69) is 12.1 Å². The molecule has 3 nitrogen and oxygen atoms in total. The number of benzene rings is 1. The van der Waals surface area contributed by atoms with E-state index in [0.717, 1.165) is 38.5 Å². The molecule has 2 fully saturated rings. The smallest absolute Gasteiger partial charge is 0.239 e. The number of thioether (sulfide) groups is 1. The van der Waals surface area contributed by atoms with Gasteiger partial charge in [-0.15, -0.1) is 11.8 Å². The molecule has 1 N–H and O–H groups in total. The lowest BCUT2D eigenvalue weighted by Gasteiger charge is -2.37. The van der Waals surface area contributed by atoms with Crippen molar-refractivity contribution < 1.29 is 9.90 Å². The first-order chi connectivity index (χ1) is 10.2. The van der Waals surface area contributed by atoms with Gasteiger partial charge in [0.1, 0.15) is 0 Å². The van der Waals surface area contributed by atoms with Gasteiger partial charge in [0.15, 0.2) is 0 Å². The Morgan fingerprint density at radius 2 is 1.76 bits per heavy atom. The van der Waals surface area contributed by atoms with Gasteiger partial charge in [-0.3, -0.25) is 4.79 Å². The first-order valence-electron chi connectivity index (χ1n) is 7.91. The minimum absolute atomic E-state index is 0.227. The highest BCUT2D eigenvalue weighted by molar-refractivity contribution is 8.01. The molecule has 0 aromatic heterocycles. The SMILES string of the molecule is O=C(N1CCC(O)CC1)C1(Sc2ccccc2)CCCC1. The van der Waals surface area contributed by atoms with E-state index in [1.165, 1.54) is 4.90 Å². The highest BCUT2D eigenvalue weighted by atomic mass is 32.2. The minimum Gasteiger partial charge on any atom is -0.393 e. The van der Waals surface area contributed by atoms with E-state index in [-0.39, 0.29) is 10.9 Å². The lowest BCUT2D eigenvalue weighted by Crippen LogP contribution is -2.49. The molecule has 0 unspecified atom stereocenters. The first kappa shape index (κ1) is 14.9. The van der Waals surface area contributed by atoms with E-state index < -0.39 is 0 Å². The third kappa shape index (κ3) is 3.27. The second-order valence-corrected chi connectivity index (χ2v) is 7.60. The zero-order chi connectivity index (χ0) is 14.7. The number of rotatable bonds is 3. The molecule has 1 aromatic rings. The molecule has 1 saturated carbocycles. The predicted octanol–water partition coefficient (Wildman–Crippen LogP) is 3.07. The number of hydrogen-bond donors (Lipinski definition) is 1. The summed E-state index contributed by atoms with van der Waals surface area (Å²) >= 11 is 1.75. The molecule has 0 atom stereocenters. The molecule has 1 saturated heterocycles. The molecule has 1 heterocycles. The van der Waals surface area contributed by atoms with Gasteiger partial charge in [-0.1, -0.05) is 31.0 Å². The van der Waals surface area contributed by atoms with E-state index in [9.17, 15) is 9.90 Å². The maximum atomic E-state index is 13.1. The Bertz CT molecular complexity index is 477. The molecule has 4 heteroatoms. The van der Waals surface area contributed by atoms with Crippen LogP contribution in [0.5, 0.6) is 0 Å². The molecular weight excluding hydrogens is 282 g/mol. The van der Waals surface area contributed by atoms with Crippen molar-refractivity contribution in [3.05, 3.63) is 30.3 Å². The molecule has 1 aliphatic carbocycles. The number of carbonyl (C=O) groups is 1. The van der Waals surface area contributed by atoms with Crippen LogP contribution in [0.2, 0.25) is 0 Å². The average Bonchev–Trinajstić information content (AvgIpc) is 2.98. The van der Waals surface area contributed by atoms with E-state index in [0.29, 0.717) is 19.0 Å². The van der Waals surface area contributed by atoms with Gasteiger partial charge in [0, 0.05) is 18.0 Å². The molecule has 0 spiro atoms. The van der Waals surface area contributed by atoms with Gasteiger partial charge >= 0.3 is 0 Å². The number of carbonyl (C=O) groups excluding carboxylic acids is 1. The van der Waals surface area contributed by atoms with Crippen molar-refractivity contribution in [2.75, 3.05) is 13.1 Å². The standard InChI is InChI=1S/C17H23NO2S/c19-14-8-12-18(13-9-14)16(20)17(10-4-5-11-17)21-15-6-2-1-3-7-15/h1-3,6-7,14,19H,4-5,8-13H2. The Morgan fingerprint density at radius 1 is 1.14 bits per heavy atom. The zero-order valence-corrected chi connectivity index (χ0v) is 13.1. The molecular formula is C17H23NO2S. The average molecular weight is 305 g/mol. The van der Waals surface area contributed by atoms with Crippen LogP contribution in [-0.4, -0.2) is 39.9 Å². The van der Waals surface area contributed by atoms with Crippen molar-refractivity contribution in [3.63, 3.8) is 0 Å². The normalized spacial score (nSPS) is 22.4. The Kier molecular flexibility index (Phi) is 4.55. The van der Waals surface area contributed by atoms with Crippen molar-refractivity contribution in [3.8, 4) is 0 Å². The van der Waals surface area contributed by atoms with Crippen LogP contribution in [0, 0.1) is 0 Å². The molecule has 0 bridgehead atoms. The van der Waals surface area contributed by atoms with E-state index in [1.54, 1.807) is 11.8 Å². The van der Waals surface area contributed by atoms with Crippen molar-refractivity contribution in [1.29, 1.82) is 0 Å². The zero-order valence-electron chi connectivity index (χ0n) is 12.3. The maximum Gasteiger partial charge on any atom is 0.239 e. The third-order valence-corrected chi connectivity index (χ3v) is 6.09. The van der Waals surface area contributed by atoms with Crippen LogP contribution in [0.4, 0.5) is 0 Å². The van der Waals surface area contributed by atoms with Crippen molar-refractivity contribution in [1.82, 2.24) is 4.90 Å². The molecule has 2 aliphatic rings. The molecule has 21 heavy (non-hydrogen) atoms. The predicted molar refractivity (Wildman–Crippen MR) is 85.3 cm³/mol. The van der Waals surface area contributed by atoms with Crippen LogP contribution in [-0.2, 0) is 4.79 Å². The van der Waals surface area contributed by atoms with Gasteiger partial charge in [0.25, 0.3) is 0 Å². The lowest BCUT2D eigenvalue weighted by molar-refractivity contribution is -0.135. The minimum atomic E-state index is -0.274. The van der Waals surface area contributed by atoms with Gasteiger partial charge in [-0.2, -0.15) is 0 Å². The number of aliphatic hydroxyl groups is 1. The van der Waals surface area contributed by atoms with Crippen LogP contribution in [0.3, 0.4) is 0 Å². The van der Waals surface area contributed by atoms with Gasteiger partial charge < -0.3 is 10.0 Å². The van der Waals surface area contributed by atoms with Gasteiger partial charge in [0.05, 0.1) is 10.9 Å². The molecule has 3 rings (SSSR count). The fraction of sp³-hybridized carbons (Fsp3) is 0.588. The summed E-state index contributed by atoms with van der Waals surface area (Å²) in [6.07, 6.45) is 5.45. The third-order valence-electron chi connectivity index (χ3n) is 4.61. The largest absolute Gasteiger partial charge is 0.393 e. The van der Waals surface area contributed by atoms with E-state index >= 15 is 0 Å². The molecule has 0 radical (unpaired) electrons. The van der Waals surface area contributed by atoms with Gasteiger partial charge in [0.2, 0.25) is 5.91 Å². The van der Waals surface area contributed by atoms with E-state index in [4.69, 9.17) is 0 Å². The van der Waals surface area contributed by atoms with Crippen LogP contribution < -0.4 is 0 Å². The Labute approximate surface area is 130 Å². The van der Waals surface area contributed by atoms with Gasteiger partial charge in [-0.05, 0) is 37.8 Å². The first-order valence-corrected chi connectivity index (χ1v) is 8.73. The maximum absolute atomic E-state index is 13.1. The van der Waals surface area contributed by atoms with Crippen molar-refractivity contribution in [2.24, 2.45) is 0 Å². The highest BCUT2D eigenvalue weighted by Gasteiger charge is 2.44. The highest BCUT2D eigenvalue weighted by Crippen LogP contribution is 2.46. The summed E-state index contributed by atoms with van der Waals surface area (Å²) in [5.74, 6) is 0.292. The number of piperidine rings is 1. The van der Waals surface area contributed by atoms with Crippen LogP contribution >= 0.6 is 11.8 Å². The summed E-state index contributed by atoms with van der Waals surface area (Å²) in [6.45, 7) is 1.41. The fourth-order valence-corrected chi connectivity index (χ4v) is 4.83. The lowest BCUT2D eigenvalue weighted by atomic mass is 10.0. The van der Waals surface area contributed by atoms with Crippen LogP contribution in [0.25, 0.3) is 0 Å². The summed E-state index contributed by atoms with van der Waals surface area (Å²) in [7, 11) is 0. The number of nitrogens with zero attached hydrogens (tertiary/aromatic N) is 1. The second-order valence-electron chi connectivity index (χ2n) is 6.14. The van der Waals surface area contributed by atoms with Crippen molar-refractivity contribution in [2.45, 2.75) is 54.3 Å².